The third-order valence-corrected chi connectivity index (χ3v) is 16.7. The fourth-order valence-corrected chi connectivity index (χ4v) is 13.9. The largest absolute Gasteiger partial charge is 0.310 e. The number of hydrogen-bond donors (Lipinski definition) is 0. The molecule has 11 aromatic rings. The molecule has 2 aromatic heterocycles. The molecular formula is C65H51BN2. The van der Waals surface area contributed by atoms with Gasteiger partial charge in [0, 0.05) is 38.6 Å². The van der Waals surface area contributed by atoms with Crippen LogP contribution in [-0.2, 0) is 16.2 Å². The van der Waals surface area contributed by atoms with E-state index in [4.69, 9.17) is 0 Å². The molecule has 2 nitrogen and oxygen atoms in total. The van der Waals surface area contributed by atoms with E-state index in [1.807, 2.05) is 0 Å². The van der Waals surface area contributed by atoms with Crippen molar-refractivity contribution < 1.29 is 0 Å². The molecule has 0 unspecified atom stereocenters. The minimum atomic E-state index is -0.509. The zero-order chi connectivity index (χ0) is 45.9. The maximum absolute atomic E-state index is 2.74. The molecule has 9 aromatic carbocycles. The molecule has 3 aliphatic heterocycles. The maximum Gasteiger partial charge on any atom is 0.252 e. The first kappa shape index (κ1) is 38.7. The molecule has 1 spiro atoms. The molecule has 1 aliphatic carbocycles. The lowest BCUT2D eigenvalue weighted by Gasteiger charge is -2.44. The smallest absolute Gasteiger partial charge is 0.252 e. The molecule has 5 heterocycles. The van der Waals surface area contributed by atoms with Crippen LogP contribution in [0, 0.1) is 13.8 Å². The van der Waals surface area contributed by atoms with E-state index >= 15 is 0 Å². The summed E-state index contributed by atoms with van der Waals surface area (Å²) in [5.41, 5.74) is 29.0. The van der Waals surface area contributed by atoms with Crippen molar-refractivity contribution in [1.82, 2.24) is 9.13 Å². The zero-order valence-electron chi connectivity index (χ0n) is 40.1. The first-order valence-electron chi connectivity index (χ1n) is 24.6. The van der Waals surface area contributed by atoms with Gasteiger partial charge in [0.1, 0.15) is 0 Å². The van der Waals surface area contributed by atoms with Crippen LogP contribution >= 0.6 is 0 Å². The lowest BCUT2D eigenvalue weighted by Crippen LogP contribution is -2.60. The predicted molar refractivity (Wildman–Crippen MR) is 288 cm³/mol. The molecule has 68 heavy (non-hydrogen) atoms. The Balaban J connectivity index is 1.18. The summed E-state index contributed by atoms with van der Waals surface area (Å²) in [5, 5.41) is 6.63. The summed E-state index contributed by atoms with van der Waals surface area (Å²) in [6, 6.07) is 64.5. The van der Waals surface area contributed by atoms with Crippen LogP contribution in [0.4, 0.5) is 0 Å². The van der Waals surface area contributed by atoms with Crippen molar-refractivity contribution in [2.75, 3.05) is 0 Å². The van der Waals surface area contributed by atoms with Crippen LogP contribution in [0.3, 0.4) is 0 Å². The Morgan fingerprint density at radius 3 is 1.69 bits per heavy atom. The summed E-state index contributed by atoms with van der Waals surface area (Å²) in [7, 11) is 0. The van der Waals surface area contributed by atoms with Gasteiger partial charge in [-0.25, -0.2) is 0 Å². The maximum atomic E-state index is 2.74. The minimum absolute atomic E-state index is 0.00693. The Morgan fingerprint density at radius 1 is 0.456 bits per heavy atom. The lowest BCUT2D eigenvalue weighted by molar-refractivity contribution is 0.590. The van der Waals surface area contributed by atoms with Gasteiger partial charge in [0.25, 0.3) is 6.71 Å². The van der Waals surface area contributed by atoms with Crippen molar-refractivity contribution in [3.63, 3.8) is 0 Å². The number of rotatable bonds is 2. The fourth-order valence-electron chi connectivity index (χ4n) is 13.9. The number of aryl methyl sites for hydroxylation is 2. The summed E-state index contributed by atoms with van der Waals surface area (Å²) in [6.07, 6.45) is 0. The van der Waals surface area contributed by atoms with Gasteiger partial charge in [-0.3, -0.25) is 0 Å². The monoisotopic (exact) mass is 870 g/mol. The van der Waals surface area contributed by atoms with Crippen molar-refractivity contribution in [3.8, 4) is 44.9 Å². The van der Waals surface area contributed by atoms with E-state index in [-0.39, 0.29) is 17.5 Å². The summed E-state index contributed by atoms with van der Waals surface area (Å²) in [5.74, 6) is 0. The Bertz CT molecular complexity index is 4060. The Labute approximate surface area is 398 Å². The van der Waals surface area contributed by atoms with Gasteiger partial charge < -0.3 is 9.13 Å². The van der Waals surface area contributed by atoms with Crippen LogP contribution < -0.4 is 16.4 Å². The lowest BCUT2D eigenvalue weighted by atomic mass is 9.33. The van der Waals surface area contributed by atoms with E-state index < -0.39 is 5.41 Å². The van der Waals surface area contributed by atoms with Gasteiger partial charge in [0.05, 0.1) is 22.1 Å². The molecule has 15 rings (SSSR count). The highest BCUT2D eigenvalue weighted by molar-refractivity contribution is 7.00. The molecule has 0 radical (unpaired) electrons. The van der Waals surface area contributed by atoms with Crippen LogP contribution in [0.2, 0.25) is 0 Å². The molecule has 0 saturated carbocycles. The second-order valence-electron chi connectivity index (χ2n) is 22.6. The molecule has 324 valence electrons. The van der Waals surface area contributed by atoms with E-state index in [1.165, 1.54) is 149 Å². The first-order chi connectivity index (χ1) is 32.8. The second kappa shape index (κ2) is 12.6. The van der Waals surface area contributed by atoms with Crippen LogP contribution in [-0.4, -0.2) is 15.8 Å². The standard InChI is InChI=1S/C65H51BN2/c1-36-31-46-47-32-37(2)34-52-60(47)68-59(46)51(33-36)65(48-19-13-11-17-44(48)45-18-12-14-20-49(45)65)50-29-30-54-57(61(50)68)66(52)53-35-40-15-9-10-16-43(40)56-55(38-21-25-41(26-22-38)63(3,4)5)58(67(54)62(53)56)39-23-27-42(28-24-39)64(6,7)8/h9-35H,1-8H3. The number of fused-ring (bicyclic) bond motifs is 13. The van der Waals surface area contributed by atoms with Gasteiger partial charge in [-0.2, -0.15) is 0 Å². The Hall–Kier alpha value is -7.36. The molecule has 0 amide bonds. The third-order valence-electron chi connectivity index (χ3n) is 16.7. The molecular weight excluding hydrogens is 820 g/mol. The first-order valence-corrected chi connectivity index (χ1v) is 24.6. The van der Waals surface area contributed by atoms with E-state index in [2.05, 4.69) is 228 Å². The minimum Gasteiger partial charge on any atom is -0.310 e. The van der Waals surface area contributed by atoms with Crippen molar-refractivity contribution >= 4 is 66.6 Å². The molecule has 0 bridgehead atoms. The third kappa shape index (κ3) is 4.56. The van der Waals surface area contributed by atoms with Crippen LogP contribution in [0.25, 0.3) is 88.4 Å². The van der Waals surface area contributed by atoms with Gasteiger partial charge >= 0.3 is 0 Å². The predicted octanol–water partition coefficient (Wildman–Crippen LogP) is 14.2. The van der Waals surface area contributed by atoms with Crippen molar-refractivity contribution in [2.24, 2.45) is 0 Å². The summed E-state index contributed by atoms with van der Waals surface area (Å²) in [4.78, 5) is 0. The van der Waals surface area contributed by atoms with Crippen molar-refractivity contribution in [1.29, 1.82) is 0 Å². The topological polar surface area (TPSA) is 9.86 Å². The number of hydrogen-bond acceptors (Lipinski definition) is 0. The molecule has 0 atom stereocenters. The van der Waals surface area contributed by atoms with Crippen molar-refractivity contribution in [3.05, 3.63) is 208 Å². The summed E-state index contributed by atoms with van der Waals surface area (Å²) >= 11 is 0. The molecule has 4 aliphatic rings. The number of aromatic nitrogens is 2. The van der Waals surface area contributed by atoms with Crippen LogP contribution in [0.1, 0.15) is 86.1 Å². The molecule has 0 saturated heterocycles. The highest BCUT2D eigenvalue weighted by Gasteiger charge is 2.54. The van der Waals surface area contributed by atoms with Crippen LogP contribution in [0.5, 0.6) is 0 Å². The highest BCUT2D eigenvalue weighted by atomic mass is 15.1. The van der Waals surface area contributed by atoms with Gasteiger partial charge in [-0.1, -0.05) is 198 Å². The van der Waals surface area contributed by atoms with Gasteiger partial charge in [0.2, 0.25) is 0 Å². The summed E-state index contributed by atoms with van der Waals surface area (Å²) < 4.78 is 5.46. The Kier molecular flexibility index (Phi) is 7.17. The van der Waals surface area contributed by atoms with Crippen LogP contribution in [0.15, 0.2) is 164 Å². The van der Waals surface area contributed by atoms with E-state index in [0.29, 0.717) is 0 Å². The SMILES string of the molecule is Cc1cc2c3c(c1)c1cc(C)cc4c1n3-c1c(ccc3c1B2c1cc2ccccc2c2c(-c5ccc(C(C)(C)C)cc5)c(-c5ccc(C(C)(C)C)cc5)n-3c12)C41c2ccccc2-c2ccccc21. The average Bonchev–Trinajstić information content (AvgIpc) is 3.96. The quantitative estimate of drug-likeness (QED) is 0.153. The van der Waals surface area contributed by atoms with E-state index in [9.17, 15) is 0 Å². The van der Waals surface area contributed by atoms with Gasteiger partial charge in [-0.05, 0) is 126 Å². The van der Waals surface area contributed by atoms with E-state index in [1.54, 1.807) is 0 Å². The second-order valence-corrected chi connectivity index (χ2v) is 22.6. The van der Waals surface area contributed by atoms with Gasteiger partial charge in [-0.15, -0.1) is 0 Å². The fraction of sp³-hybridized carbons (Fsp3) is 0.169. The highest BCUT2D eigenvalue weighted by Crippen LogP contribution is 2.62. The average molecular weight is 871 g/mol. The normalized spacial score (nSPS) is 14.6. The zero-order valence-corrected chi connectivity index (χ0v) is 40.1. The molecule has 3 heteroatoms. The Morgan fingerprint density at radius 2 is 1.03 bits per heavy atom. The molecule has 0 fully saturated rings. The molecule has 0 N–H and O–H groups in total. The van der Waals surface area contributed by atoms with Gasteiger partial charge in [0.15, 0.2) is 0 Å². The van der Waals surface area contributed by atoms with Crippen molar-refractivity contribution in [2.45, 2.75) is 71.6 Å². The number of benzene rings is 9. The summed E-state index contributed by atoms with van der Waals surface area (Å²) in [6.45, 7) is 18.5. The number of nitrogens with zero attached hydrogens (tertiary/aromatic N) is 2. The van der Waals surface area contributed by atoms with E-state index in [0.717, 1.165) is 0 Å².